The Morgan fingerprint density at radius 1 is 1.04 bits per heavy atom. The second kappa shape index (κ2) is 16.6. The number of alkyl carbamates (subject to hydrolysis) is 1. The third-order valence-electron chi connectivity index (χ3n) is 8.45. The molecule has 16 heteroatoms. The molecule has 3 amide bonds. The Morgan fingerprint density at radius 3 is 2.42 bits per heavy atom. The highest BCUT2D eigenvalue weighted by Gasteiger charge is 2.38. The van der Waals surface area contributed by atoms with Gasteiger partial charge in [-0.2, -0.15) is 4.72 Å². The molecule has 4 rings (SSSR count). The molecule has 0 bridgehead atoms. The van der Waals surface area contributed by atoms with Crippen LogP contribution in [0.1, 0.15) is 78.9 Å². The molecule has 0 aliphatic carbocycles. The number of esters is 1. The van der Waals surface area contributed by atoms with Gasteiger partial charge in [0.1, 0.15) is 23.3 Å². The van der Waals surface area contributed by atoms with Crippen molar-refractivity contribution in [2.45, 2.75) is 109 Å². The lowest BCUT2D eigenvalue weighted by atomic mass is 9.97. The number of benzene rings is 1. The molecule has 15 nitrogen and oxygen atoms in total. The van der Waals surface area contributed by atoms with Gasteiger partial charge in [0.15, 0.2) is 0 Å². The second-order valence-electron chi connectivity index (χ2n) is 15.1. The molecule has 0 radical (unpaired) electrons. The minimum Gasteiger partial charge on any atom is -0.467 e. The summed E-state index contributed by atoms with van der Waals surface area (Å²) in [7, 11) is -2.99. The summed E-state index contributed by atoms with van der Waals surface area (Å²) in [5.74, 6) is -1.33. The zero-order chi connectivity index (χ0) is 38.4. The molecule has 0 aromatic heterocycles. The third kappa shape index (κ3) is 11.4. The summed E-state index contributed by atoms with van der Waals surface area (Å²) >= 11 is 0. The van der Waals surface area contributed by atoms with Crippen molar-refractivity contribution in [2.24, 2.45) is 4.99 Å². The van der Waals surface area contributed by atoms with Crippen molar-refractivity contribution in [3.63, 3.8) is 0 Å². The zero-order valence-corrected chi connectivity index (χ0v) is 32.1. The van der Waals surface area contributed by atoms with Gasteiger partial charge in [0.25, 0.3) is 0 Å². The Labute approximate surface area is 306 Å². The summed E-state index contributed by atoms with van der Waals surface area (Å²) in [5.41, 5.74) is 1.76. The maximum absolute atomic E-state index is 14.4. The molecule has 1 aromatic rings. The molecule has 2 atom stereocenters. The molecule has 0 saturated carbocycles. The van der Waals surface area contributed by atoms with Crippen molar-refractivity contribution < 1.29 is 41.8 Å². The number of rotatable bonds is 7. The summed E-state index contributed by atoms with van der Waals surface area (Å²) in [5, 5.41) is 5.81. The summed E-state index contributed by atoms with van der Waals surface area (Å²) in [4.78, 5) is 59.9. The van der Waals surface area contributed by atoms with Gasteiger partial charge in [0.05, 0.1) is 12.0 Å². The average Bonchev–Trinajstić information content (AvgIpc) is 3.05. The first kappa shape index (κ1) is 40.5. The number of carbonyl (C=O) groups excluding carboxylic acids is 4. The van der Waals surface area contributed by atoms with Crippen LogP contribution in [0.2, 0.25) is 0 Å². The van der Waals surface area contributed by atoms with Crippen LogP contribution in [0.25, 0.3) is 0 Å². The van der Waals surface area contributed by atoms with Crippen molar-refractivity contribution in [1.29, 1.82) is 0 Å². The second-order valence-corrected chi connectivity index (χ2v) is 16.8. The molecule has 0 saturated heterocycles. The van der Waals surface area contributed by atoms with E-state index in [4.69, 9.17) is 14.2 Å². The molecule has 3 N–H and O–H groups in total. The van der Waals surface area contributed by atoms with Crippen LogP contribution in [-0.2, 0) is 46.8 Å². The molecule has 3 aliphatic heterocycles. The molecule has 3 aliphatic rings. The molecule has 286 valence electrons. The van der Waals surface area contributed by atoms with Gasteiger partial charge in [-0.3, -0.25) is 10.1 Å². The largest absolute Gasteiger partial charge is 0.467 e. The number of hydrogen-bond donors (Lipinski definition) is 3. The highest BCUT2D eigenvalue weighted by molar-refractivity contribution is 7.89. The van der Waals surface area contributed by atoms with Gasteiger partial charge in [0.2, 0.25) is 21.9 Å². The lowest BCUT2D eigenvalue weighted by Crippen LogP contribution is -2.55. The van der Waals surface area contributed by atoms with E-state index in [-0.39, 0.29) is 36.8 Å². The lowest BCUT2D eigenvalue weighted by molar-refractivity contribution is -0.153. The van der Waals surface area contributed by atoms with E-state index in [9.17, 15) is 27.6 Å². The first-order chi connectivity index (χ1) is 24.2. The minimum atomic E-state index is -4.23. The van der Waals surface area contributed by atoms with Crippen molar-refractivity contribution in [3.05, 3.63) is 52.6 Å². The average molecular weight is 745 g/mol. The van der Waals surface area contributed by atoms with E-state index in [0.29, 0.717) is 25.1 Å². The van der Waals surface area contributed by atoms with Gasteiger partial charge >= 0.3 is 18.2 Å². The van der Waals surface area contributed by atoms with Crippen LogP contribution in [0, 0.1) is 0 Å². The van der Waals surface area contributed by atoms with Crippen LogP contribution < -0.4 is 15.4 Å². The molecule has 3 heterocycles. The topological polar surface area (TPSA) is 185 Å². The van der Waals surface area contributed by atoms with E-state index >= 15 is 0 Å². The Kier molecular flexibility index (Phi) is 12.9. The summed E-state index contributed by atoms with van der Waals surface area (Å²) in [6.07, 6.45) is 3.28. The van der Waals surface area contributed by atoms with Crippen LogP contribution in [0.5, 0.6) is 0 Å². The number of methoxy groups -OCH3 is 1. The van der Waals surface area contributed by atoms with Gasteiger partial charge in [-0.25, -0.2) is 22.8 Å². The number of aliphatic imine (C=N–C) groups is 1. The first-order valence-electron chi connectivity index (χ1n) is 17.4. The Bertz CT molecular complexity index is 1740. The fourth-order valence-electron chi connectivity index (χ4n) is 6.08. The highest BCUT2D eigenvalue weighted by atomic mass is 32.2. The minimum absolute atomic E-state index is 0.0132. The predicted octanol–water partition coefficient (Wildman–Crippen LogP) is 3.54. The van der Waals surface area contributed by atoms with Crippen LogP contribution in [0.15, 0.2) is 51.4 Å². The van der Waals surface area contributed by atoms with E-state index in [1.807, 2.05) is 19.1 Å². The van der Waals surface area contributed by atoms with Crippen LogP contribution in [0.4, 0.5) is 9.59 Å². The fourth-order valence-corrected chi connectivity index (χ4v) is 7.32. The number of hydrogen-bond acceptors (Lipinski definition) is 10. The number of carbonyl (C=O) groups is 4. The maximum Gasteiger partial charge on any atom is 0.437 e. The Balaban J connectivity index is 1.66. The molecular formula is C36H52N6O9S. The van der Waals surface area contributed by atoms with Crippen molar-refractivity contribution >= 4 is 40.0 Å². The number of fused-ring (bicyclic) bond motifs is 1. The number of nitrogens with one attached hydrogen (secondary N) is 3. The van der Waals surface area contributed by atoms with E-state index in [1.165, 1.54) is 18.1 Å². The van der Waals surface area contributed by atoms with Gasteiger partial charge < -0.3 is 29.3 Å². The molecule has 0 fully saturated rings. The number of sulfonamides is 1. The van der Waals surface area contributed by atoms with Gasteiger partial charge in [0, 0.05) is 26.2 Å². The SMILES string of the molecule is COC(=O)[C@@H]1CC(C)=CCN1C(=O)[C@H](CC1=CCCN(C(=NC(=O)OC(C)(C)C)NC(=O)OC(C)(C)C)C1)NS(=O)(=O)c1ccc2c(c1)CNCC2. The quantitative estimate of drug-likeness (QED) is 0.122. The Morgan fingerprint density at radius 2 is 1.75 bits per heavy atom. The summed E-state index contributed by atoms with van der Waals surface area (Å²) in [6.45, 7) is 13.8. The lowest BCUT2D eigenvalue weighted by Gasteiger charge is -2.36. The summed E-state index contributed by atoms with van der Waals surface area (Å²) in [6, 6.07) is 2.67. The highest BCUT2D eigenvalue weighted by Crippen LogP contribution is 2.25. The van der Waals surface area contributed by atoms with Crippen molar-refractivity contribution in [1.82, 2.24) is 25.2 Å². The van der Waals surface area contributed by atoms with Gasteiger partial charge in [-0.1, -0.05) is 29.4 Å². The molecular weight excluding hydrogens is 692 g/mol. The van der Waals surface area contributed by atoms with Crippen molar-refractivity contribution in [2.75, 3.05) is 33.3 Å². The maximum atomic E-state index is 14.4. The van der Waals surface area contributed by atoms with E-state index in [2.05, 4.69) is 20.3 Å². The molecule has 0 spiro atoms. The molecule has 1 aromatic carbocycles. The number of ether oxygens (including phenoxy) is 3. The standard InChI is InChI=1S/C36H52N6O9S/c1-23-14-17-42(29(18-23)31(44)49-8)30(43)28(40-52(47,48)27-12-11-25-13-15-37-21-26(25)20-27)19-24-10-9-16-41(22-24)32(38-33(45)50-35(2,3)4)39-34(46)51-36(5,6)7/h10-12,14,20,28-29,37,40H,9,13,15-19,21-22H2,1-8H3,(H,38,39,45,46)/t28-,29-/m0/s1. The molecule has 52 heavy (non-hydrogen) atoms. The Hall–Kier alpha value is -4.28. The summed E-state index contributed by atoms with van der Waals surface area (Å²) < 4.78 is 46.4. The normalized spacial score (nSPS) is 19.1. The fraction of sp³-hybridized carbons (Fsp3) is 0.583. The monoisotopic (exact) mass is 744 g/mol. The van der Waals surface area contributed by atoms with Crippen LogP contribution in [0.3, 0.4) is 0 Å². The van der Waals surface area contributed by atoms with Gasteiger partial charge in [-0.05, 0) is 104 Å². The van der Waals surface area contributed by atoms with E-state index in [0.717, 1.165) is 29.7 Å². The number of nitrogens with zero attached hydrogens (tertiary/aromatic N) is 3. The van der Waals surface area contributed by atoms with E-state index < -0.39 is 57.4 Å². The number of amides is 3. The van der Waals surface area contributed by atoms with Gasteiger partial charge in [-0.15, -0.1) is 4.99 Å². The number of guanidine groups is 1. The zero-order valence-electron chi connectivity index (χ0n) is 31.3. The van der Waals surface area contributed by atoms with Crippen LogP contribution >= 0.6 is 0 Å². The third-order valence-corrected chi connectivity index (χ3v) is 9.92. The van der Waals surface area contributed by atoms with Crippen LogP contribution in [-0.4, -0.2) is 105 Å². The van der Waals surface area contributed by atoms with Crippen molar-refractivity contribution in [3.8, 4) is 0 Å². The first-order valence-corrected chi connectivity index (χ1v) is 18.9. The smallest absolute Gasteiger partial charge is 0.437 e. The predicted molar refractivity (Wildman–Crippen MR) is 194 cm³/mol. The van der Waals surface area contributed by atoms with E-state index in [1.54, 1.807) is 58.6 Å². The molecule has 0 unspecified atom stereocenters.